The molecule has 0 fully saturated rings. The maximum atomic E-state index is 9.90. The van der Waals surface area contributed by atoms with Gasteiger partial charge in [0.25, 0.3) is 0 Å². The molecule has 0 saturated heterocycles. The van der Waals surface area contributed by atoms with Crippen LogP contribution in [0.2, 0.25) is 5.02 Å². The molecule has 17 heavy (non-hydrogen) atoms. The van der Waals surface area contributed by atoms with E-state index in [2.05, 4.69) is 5.10 Å². The predicted octanol–water partition coefficient (Wildman–Crippen LogP) is 2.10. The van der Waals surface area contributed by atoms with Crippen molar-refractivity contribution in [2.75, 3.05) is 6.61 Å². The molecule has 98 valence electrons. The van der Waals surface area contributed by atoms with E-state index in [-0.39, 0.29) is 5.60 Å². The summed E-state index contributed by atoms with van der Waals surface area (Å²) in [5, 5.41) is 14.7. The molecular weight excluding hydrogens is 240 g/mol. The van der Waals surface area contributed by atoms with Crippen LogP contribution >= 0.6 is 11.6 Å². The molecule has 1 aromatic rings. The Morgan fingerprint density at radius 2 is 2.06 bits per heavy atom. The zero-order chi connectivity index (χ0) is 13.2. The van der Waals surface area contributed by atoms with Crippen LogP contribution in [-0.4, -0.2) is 33.2 Å². The lowest BCUT2D eigenvalue weighted by Crippen LogP contribution is -2.27. The summed E-state index contributed by atoms with van der Waals surface area (Å²) in [6.07, 6.45) is -0.117. The van der Waals surface area contributed by atoms with Crippen molar-refractivity contribution in [3.63, 3.8) is 0 Å². The van der Waals surface area contributed by atoms with Crippen LogP contribution in [0.1, 0.15) is 32.2 Å². The molecule has 1 atom stereocenters. The lowest BCUT2D eigenvalue weighted by Gasteiger charge is -2.22. The molecule has 1 unspecified atom stereocenters. The van der Waals surface area contributed by atoms with Crippen molar-refractivity contribution in [1.82, 2.24) is 9.78 Å². The minimum atomic E-state index is -0.568. The maximum absolute atomic E-state index is 9.90. The summed E-state index contributed by atoms with van der Waals surface area (Å²) >= 11 is 6.11. The van der Waals surface area contributed by atoms with E-state index in [4.69, 9.17) is 16.3 Å². The van der Waals surface area contributed by atoms with Crippen molar-refractivity contribution in [3.8, 4) is 0 Å². The minimum absolute atomic E-state index is 0.243. The largest absolute Gasteiger partial charge is 0.390 e. The molecule has 0 aliphatic carbocycles. The molecule has 0 bridgehead atoms. The first kappa shape index (κ1) is 14.5. The van der Waals surface area contributed by atoms with Crippen LogP contribution in [0, 0.1) is 6.92 Å². The highest BCUT2D eigenvalue weighted by Crippen LogP contribution is 2.21. The van der Waals surface area contributed by atoms with E-state index >= 15 is 0 Å². The van der Waals surface area contributed by atoms with Crippen molar-refractivity contribution in [2.24, 2.45) is 7.05 Å². The number of rotatable bonds is 4. The smallest absolute Gasteiger partial charge is 0.0847 e. The Kier molecular flexibility index (Phi) is 4.58. The van der Waals surface area contributed by atoms with Crippen LogP contribution in [0.4, 0.5) is 0 Å². The van der Waals surface area contributed by atoms with Crippen LogP contribution in [0.25, 0.3) is 0 Å². The molecule has 0 amide bonds. The second-order valence-electron chi connectivity index (χ2n) is 5.25. The van der Waals surface area contributed by atoms with Gasteiger partial charge in [-0.1, -0.05) is 11.6 Å². The first-order chi connectivity index (χ1) is 7.70. The van der Waals surface area contributed by atoms with Gasteiger partial charge >= 0.3 is 0 Å². The number of nitrogens with zero attached hydrogens (tertiary/aromatic N) is 2. The van der Waals surface area contributed by atoms with Crippen molar-refractivity contribution in [1.29, 1.82) is 0 Å². The first-order valence-electron chi connectivity index (χ1n) is 5.70. The van der Waals surface area contributed by atoms with Gasteiger partial charge in [0, 0.05) is 13.5 Å². The topological polar surface area (TPSA) is 47.3 Å². The van der Waals surface area contributed by atoms with E-state index in [1.54, 1.807) is 4.68 Å². The summed E-state index contributed by atoms with van der Waals surface area (Å²) in [6.45, 7) is 8.02. The normalized spacial score (nSPS) is 14.1. The Labute approximate surface area is 108 Å². The average molecular weight is 261 g/mol. The van der Waals surface area contributed by atoms with Crippen LogP contribution in [-0.2, 0) is 18.2 Å². The zero-order valence-electron chi connectivity index (χ0n) is 11.1. The fourth-order valence-electron chi connectivity index (χ4n) is 1.53. The van der Waals surface area contributed by atoms with Crippen LogP contribution in [0.15, 0.2) is 0 Å². The molecule has 0 aliphatic rings. The Morgan fingerprint density at radius 1 is 1.47 bits per heavy atom. The van der Waals surface area contributed by atoms with E-state index in [0.29, 0.717) is 18.1 Å². The molecule has 1 heterocycles. The van der Waals surface area contributed by atoms with Gasteiger partial charge in [-0.3, -0.25) is 4.68 Å². The highest BCUT2D eigenvalue weighted by molar-refractivity contribution is 6.31. The fourth-order valence-corrected chi connectivity index (χ4v) is 1.77. The van der Waals surface area contributed by atoms with Crippen molar-refractivity contribution < 1.29 is 9.84 Å². The van der Waals surface area contributed by atoms with Crippen LogP contribution in [0.5, 0.6) is 0 Å². The average Bonchev–Trinajstić information content (AvgIpc) is 2.41. The van der Waals surface area contributed by atoms with E-state index in [1.807, 2.05) is 34.7 Å². The van der Waals surface area contributed by atoms with Gasteiger partial charge in [-0.15, -0.1) is 0 Å². The summed E-state index contributed by atoms with van der Waals surface area (Å²) < 4.78 is 7.23. The van der Waals surface area contributed by atoms with Crippen molar-refractivity contribution in [3.05, 3.63) is 16.4 Å². The molecule has 1 N–H and O–H groups in total. The third kappa shape index (κ3) is 4.30. The van der Waals surface area contributed by atoms with Gasteiger partial charge in [0.1, 0.15) is 0 Å². The Morgan fingerprint density at radius 3 is 2.47 bits per heavy atom. The number of aliphatic hydroxyl groups excluding tert-OH is 1. The Hall–Kier alpha value is -0.580. The first-order valence-corrected chi connectivity index (χ1v) is 6.08. The van der Waals surface area contributed by atoms with Gasteiger partial charge in [-0.2, -0.15) is 5.10 Å². The van der Waals surface area contributed by atoms with E-state index in [1.165, 1.54) is 0 Å². The highest BCUT2D eigenvalue weighted by atomic mass is 35.5. The standard InChI is InChI=1S/C12H21ClN2O2/c1-8-11(13)10(15(5)14-8)6-9(16)7-17-12(2,3)4/h9,16H,6-7H2,1-5H3. The van der Waals surface area contributed by atoms with E-state index in [0.717, 1.165) is 11.4 Å². The summed E-state index contributed by atoms with van der Waals surface area (Å²) in [6, 6.07) is 0. The van der Waals surface area contributed by atoms with Gasteiger partial charge in [0.05, 0.1) is 34.7 Å². The van der Waals surface area contributed by atoms with Gasteiger partial charge < -0.3 is 9.84 Å². The van der Waals surface area contributed by atoms with E-state index < -0.39 is 6.10 Å². The molecule has 1 rings (SSSR count). The number of aliphatic hydroxyl groups is 1. The van der Waals surface area contributed by atoms with Gasteiger partial charge in [-0.05, 0) is 27.7 Å². The maximum Gasteiger partial charge on any atom is 0.0847 e. The molecule has 0 saturated carbocycles. The monoisotopic (exact) mass is 260 g/mol. The summed E-state index contributed by atoms with van der Waals surface area (Å²) in [4.78, 5) is 0. The molecule has 0 aliphatic heterocycles. The molecule has 0 radical (unpaired) electrons. The number of halogens is 1. The number of hydrogen-bond donors (Lipinski definition) is 1. The van der Waals surface area contributed by atoms with Crippen molar-refractivity contribution in [2.45, 2.75) is 45.8 Å². The molecule has 0 aromatic carbocycles. The molecule has 1 aromatic heterocycles. The van der Waals surface area contributed by atoms with Crippen LogP contribution < -0.4 is 0 Å². The number of hydrogen-bond acceptors (Lipinski definition) is 3. The Balaban J connectivity index is 2.59. The predicted molar refractivity (Wildman–Crippen MR) is 68.4 cm³/mol. The second-order valence-corrected chi connectivity index (χ2v) is 5.63. The lowest BCUT2D eigenvalue weighted by molar-refractivity contribution is -0.0486. The lowest BCUT2D eigenvalue weighted by atomic mass is 10.1. The number of ether oxygens (including phenoxy) is 1. The van der Waals surface area contributed by atoms with Crippen molar-refractivity contribution >= 4 is 11.6 Å². The van der Waals surface area contributed by atoms with E-state index in [9.17, 15) is 5.11 Å². The van der Waals surface area contributed by atoms with Gasteiger partial charge in [0.15, 0.2) is 0 Å². The third-order valence-electron chi connectivity index (χ3n) is 2.40. The molecule has 4 nitrogen and oxygen atoms in total. The minimum Gasteiger partial charge on any atom is -0.390 e. The van der Waals surface area contributed by atoms with Crippen LogP contribution in [0.3, 0.4) is 0 Å². The SMILES string of the molecule is Cc1nn(C)c(CC(O)COC(C)(C)C)c1Cl. The quantitative estimate of drug-likeness (QED) is 0.902. The summed E-state index contributed by atoms with van der Waals surface area (Å²) in [7, 11) is 1.82. The molecule has 5 heteroatoms. The summed E-state index contributed by atoms with van der Waals surface area (Å²) in [5.41, 5.74) is 1.38. The highest BCUT2D eigenvalue weighted by Gasteiger charge is 2.18. The second kappa shape index (κ2) is 5.38. The number of aromatic nitrogens is 2. The van der Waals surface area contributed by atoms with Gasteiger partial charge in [-0.25, -0.2) is 0 Å². The fraction of sp³-hybridized carbons (Fsp3) is 0.750. The molecular formula is C12H21ClN2O2. The molecule has 0 spiro atoms. The summed E-state index contributed by atoms with van der Waals surface area (Å²) in [5.74, 6) is 0. The number of aryl methyl sites for hydroxylation is 2. The third-order valence-corrected chi connectivity index (χ3v) is 2.89. The zero-order valence-corrected chi connectivity index (χ0v) is 11.9. The Bertz CT molecular complexity index is 383. The van der Waals surface area contributed by atoms with Gasteiger partial charge in [0.2, 0.25) is 0 Å².